The number of aromatic nitrogens is 1. The maximum Gasteiger partial charge on any atom is 0.407 e. The topological polar surface area (TPSA) is 77.2 Å². The van der Waals surface area contributed by atoms with E-state index in [0.717, 1.165) is 0 Å². The van der Waals surface area contributed by atoms with Gasteiger partial charge in [-0.2, -0.15) is 0 Å². The Hall–Kier alpha value is -3.49. The number of nitrogens with two attached hydrogens (primary N) is 1. The van der Waals surface area contributed by atoms with E-state index in [1.165, 1.54) is 22.3 Å². The molecule has 0 atom stereocenters. The van der Waals surface area contributed by atoms with Gasteiger partial charge in [-0.3, -0.25) is 0 Å². The lowest BCUT2D eigenvalue weighted by atomic mass is 9.98. The predicted octanol–water partition coefficient (Wildman–Crippen LogP) is 4.60. The van der Waals surface area contributed by atoms with Crippen LogP contribution in [0.15, 0.2) is 60.7 Å². The van der Waals surface area contributed by atoms with Gasteiger partial charge in [0.1, 0.15) is 12.3 Å². The fourth-order valence-corrected chi connectivity index (χ4v) is 3.70. The molecule has 1 aromatic heterocycles. The number of carbonyl (C=O) groups excluding carboxylic acids is 1. The number of nitrogen functional groups attached to an aromatic ring is 1. The van der Waals surface area contributed by atoms with Crippen molar-refractivity contribution in [1.29, 1.82) is 0 Å². The quantitative estimate of drug-likeness (QED) is 0.369. The average Bonchev–Trinajstić information content (AvgIpc) is 3.08. The lowest BCUT2D eigenvalue weighted by molar-refractivity contribution is 0.143. The molecule has 6 heteroatoms. The minimum absolute atomic E-state index is 0.0456. The van der Waals surface area contributed by atoms with Crippen molar-refractivity contribution >= 4 is 23.4 Å². The summed E-state index contributed by atoms with van der Waals surface area (Å²) in [5, 5.41) is 2.97. The van der Waals surface area contributed by atoms with Gasteiger partial charge in [-0.25, -0.2) is 9.78 Å². The van der Waals surface area contributed by atoms with Crippen molar-refractivity contribution in [3.63, 3.8) is 0 Å². The summed E-state index contributed by atoms with van der Waals surface area (Å²) in [6.07, 6.45) is 0.0146. The summed E-state index contributed by atoms with van der Waals surface area (Å²) in [6, 6.07) is 19.8. The number of pyridine rings is 1. The Balaban J connectivity index is 1.29. The van der Waals surface area contributed by atoms with Gasteiger partial charge in [0.25, 0.3) is 0 Å². The van der Waals surface area contributed by atoms with E-state index in [-0.39, 0.29) is 11.1 Å². The van der Waals surface area contributed by atoms with Crippen molar-refractivity contribution in [3.05, 3.63) is 82.6 Å². The van der Waals surface area contributed by atoms with Crippen molar-refractivity contribution in [2.75, 3.05) is 18.9 Å². The summed E-state index contributed by atoms with van der Waals surface area (Å²) < 4.78 is 5.49. The summed E-state index contributed by atoms with van der Waals surface area (Å²) in [4.78, 5) is 16.2. The molecule has 0 bridgehead atoms. The third kappa shape index (κ3) is 4.24. The van der Waals surface area contributed by atoms with Crippen LogP contribution in [0, 0.1) is 11.8 Å². The van der Waals surface area contributed by atoms with Crippen LogP contribution < -0.4 is 11.1 Å². The van der Waals surface area contributed by atoms with Crippen LogP contribution in [0.1, 0.15) is 29.2 Å². The van der Waals surface area contributed by atoms with Crippen LogP contribution >= 0.6 is 11.6 Å². The Morgan fingerprint density at radius 2 is 1.73 bits per heavy atom. The molecule has 2 aromatic carbocycles. The van der Waals surface area contributed by atoms with Crippen LogP contribution in [0.4, 0.5) is 10.5 Å². The van der Waals surface area contributed by atoms with Crippen molar-refractivity contribution in [2.45, 2.75) is 12.3 Å². The summed E-state index contributed by atoms with van der Waals surface area (Å²) >= 11 is 5.87. The molecule has 0 spiro atoms. The predicted molar refractivity (Wildman–Crippen MR) is 118 cm³/mol. The Labute approximate surface area is 180 Å². The van der Waals surface area contributed by atoms with Gasteiger partial charge in [0, 0.05) is 18.9 Å². The smallest absolute Gasteiger partial charge is 0.407 e. The Morgan fingerprint density at radius 1 is 1.07 bits per heavy atom. The number of rotatable bonds is 4. The van der Waals surface area contributed by atoms with Crippen molar-refractivity contribution < 1.29 is 9.53 Å². The maximum atomic E-state index is 12.1. The third-order valence-electron chi connectivity index (χ3n) is 4.96. The Kier molecular flexibility index (Phi) is 5.87. The van der Waals surface area contributed by atoms with E-state index < -0.39 is 6.09 Å². The number of anilines is 1. The number of nitrogens with zero attached hydrogens (tertiary/aromatic N) is 1. The summed E-state index contributed by atoms with van der Waals surface area (Å²) in [6.45, 7) is 0.672. The van der Waals surface area contributed by atoms with E-state index in [1.54, 1.807) is 12.1 Å². The highest BCUT2D eigenvalue weighted by Crippen LogP contribution is 2.44. The van der Waals surface area contributed by atoms with Crippen LogP contribution in [-0.2, 0) is 4.74 Å². The summed E-state index contributed by atoms with van der Waals surface area (Å²) in [7, 11) is 0. The van der Waals surface area contributed by atoms with E-state index in [1.807, 2.05) is 24.3 Å². The second-order valence-corrected chi connectivity index (χ2v) is 7.24. The zero-order chi connectivity index (χ0) is 20.9. The van der Waals surface area contributed by atoms with Gasteiger partial charge in [-0.15, -0.1) is 0 Å². The third-order valence-corrected chi connectivity index (χ3v) is 5.26. The number of fused-ring (bicyclic) bond motifs is 3. The molecule has 1 aliphatic rings. The highest BCUT2D eigenvalue weighted by atomic mass is 35.5. The van der Waals surface area contributed by atoms with Gasteiger partial charge in [0.05, 0.1) is 5.69 Å². The first kappa shape index (κ1) is 19.8. The highest BCUT2D eigenvalue weighted by molar-refractivity contribution is 6.31. The van der Waals surface area contributed by atoms with E-state index in [9.17, 15) is 4.79 Å². The number of ether oxygens (including phenoxy) is 1. The fourth-order valence-electron chi connectivity index (χ4n) is 3.54. The molecular formula is C24H20ClN3O2. The van der Waals surface area contributed by atoms with Crippen LogP contribution in [0.3, 0.4) is 0 Å². The molecule has 0 aliphatic heterocycles. The number of amides is 1. The number of hydrogen-bond donors (Lipinski definition) is 2. The second kappa shape index (κ2) is 8.89. The van der Waals surface area contributed by atoms with Gasteiger partial charge in [-0.05, 0) is 40.3 Å². The lowest BCUT2D eigenvalue weighted by Crippen LogP contribution is -2.26. The van der Waals surface area contributed by atoms with Gasteiger partial charge in [-0.1, -0.05) is 66.1 Å². The molecule has 3 aromatic rings. The first-order chi connectivity index (χ1) is 14.6. The van der Waals surface area contributed by atoms with E-state index in [4.69, 9.17) is 22.1 Å². The lowest BCUT2D eigenvalue weighted by Gasteiger charge is -2.14. The van der Waals surface area contributed by atoms with Crippen LogP contribution in [0.25, 0.3) is 11.1 Å². The summed E-state index contributed by atoms with van der Waals surface area (Å²) in [5.74, 6) is 5.88. The highest BCUT2D eigenvalue weighted by Gasteiger charge is 2.28. The monoisotopic (exact) mass is 417 g/mol. The molecule has 0 radical (unpaired) electrons. The minimum atomic E-state index is -0.452. The number of alkyl carbamates (subject to hydrolysis) is 1. The molecule has 150 valence electrons. The Bertz CT molecular complexity index is 1100. The summed E-state index contributed by atoms with van der Waals surface area (Å²) in [5.41, 5.74) is 11.4. The van der Waals surface area contributed by atoms with Gasteiger partial charge >= 0.3 is 6.09 Å². The fraction of sp³-hybridized carbons (Fsp3) is 0.167. The van der Waals surface area contributed by atoms with E-state index in [2.05, 4.69) is 46.4 Å². The van der Waals surface area contributed by atoms with Crippen LogP contribution in [0.5, 0.6) is 0 Å². The largest absolute Gasteiger partial charge is 0.449 e. The van der Waals surface area contributed by atoms with Gasteiger partial charge in [0.15, 0.2) is 5.15 Å². The number of hydrogen-bond acceptors (Lipinski definition) is 4. The molecule has 5 nitrogen and oxygen atoms in total. The minimum Gasteiger partial charge on any atom is -0.449 e. The number of halogens is 1. The van der Waals surface area contributed by atoms with Crippen molar-refractivity contribution in [2.24, 2.45) is 0 Å². The maximum absolute atomic E-state index is 12.1. The first-order valence-corrected chi connectivity index (χ1v) is 10.0. The molecule has 1 amide bonds. The zero-order valence-electron chi connectivity index (χ0n) is 16.2. The second-order valence-electron chi connectivity index (χ2n) is 6.88. The molecule has 1 aliphatic carbocycles. The molecule has 0 saturated heterocycles. The molecule has 0 saturated carbocycles. The molecule has 4 rings (SSSR count). The number of nitrogens with one attached hydrogen (secondary N) is 1. The van der Waals surface area contributed by atoms with Crippen molar-refractivity contribution in [3.8, 4) is 23.0 Å². The van der Waals surface area contributed by atoms with E-state index in [0.29, 0.717) is 31.0 Å². The SMILES string of the molecule is Nc1ccc(C#CCCNC(=O)OCC2c3ccccc3-c3ccccc32)nc1Cl. The van der Waals surface area contributed by atoms with Crippen LogP contribution in [-0.4, -0.2) is 24.2 Å². The van der Waals surface area contributed by atoms with Crippen LogP contribution in [0.2, 0.25) is 5.15 Å². The average molecular weight is 418 g/mol. The Morgan fingerprint density at radius 3 is 2.40 bits per heavy atom. The molecule has 30 heavy (non-hydrogen) atoms. The van der Waals surface area contributed by atoms with Crippen molar-refractivity contribution in [1.82, 2.24) is 10.3 Å². The van der Waals surface area contributed by atoms with Gasteiger partial charge in [0.2, 0.25) is 0 Å². The normalized spacial score (nSPS) is 11.8. The van der Waals surface area contributed by atoms with E-state index >= 15 is 0 Å². The molecule has 0 fully saturated rings. The first-order valence-electron chi connectivity index (χ1n) is 9.63. The molecule has 3 N–H and O–H groups in total. The standard InChI is InChI=1S/C24H20ClN3O2/c25-23-22(26)13-12-16(28-23)7-5-6-14-27-24(29)30-15-21-19-10-3-1-8-17(19)18-9-2-4-11-20(18)21/h1-4,8-13,21H,6,14-15,26H2,(H,27,29). The number of benzene rings is 2. The molecular weight excluding hydrogens is 398 g/mol. The van der Waals surface area contributed by atoms with Gasteiger partial charge < -0.3 is 15.8 Å². The molecule has 0 unspecified atom stereocenters. The number of carbonyl (C=O) groups is 1. The molecule has 1 heterocycles. The zero-order valence-corrected chi connectivity index (χ0v) is 16.9.